The predicted molar refractivity (Wildman–Crippen MR) is 73.9 cm³/mol. The van der Waals surface area contributed by atoms with Crippen molar-refractivity contribution in [2.45, 2.75) is 40.0 Å². The number of hydrogen-bond donors (Lipinski definition) is 2. The molecule has 0 aromatic heterocycles. The van der Waals surface area contributed by atoms with E-state index in [1.165, 1.54) is 6.42 Å². The van der Waals surface area contributed by atoms with Gasteiger partial charge in [0.1, 0.15) is 5.75 Å². The van der Waals surface area contributed by atoms with Gasteiger partial charge in [-0.3, -0.25) is 4.79 Å². The molecule has 0 saturated heterocycles. The van der Waals surface area contributed by atoms with Gasteiger partial charge in [0.15, 0.2) is 0 Å². The van der Waals surface area contributed by atoms with Gasteiger partial charge in [0.2, 0.25) is 0 Å². The van der Waals surface area contributed by atoms with E-state index in [0.29, 0.717) is 12.1 Å². The number of amides is 1. The molecule has 0 saturated carbocycles. The van der Waals surface area contributed by atoms with Crippen LogP contribution in [0.4, 0.5) is 0 Å². The lowest BCUT2D eigenvalue weighted by Gasteiger charge is -2.08. The fraction of sp³-hybridized carbons (Fsp3) is 0.533. The number of phenols is 1. The first-order valence-corrected chi connectivity index (χ1v) is 6.58. The molecule has 0 atom stereocenters. The number of nitrogens with one attached hydrogen (secondary N) is 1. The van der Waals surface area contributed by atoms with Gasteiger partial charge in [0, 0.05) is 12.1 Å². The van der Waals surface area contributed by atoms with Gasteiger partial charge in [0.05, 0.1) is 0 Å². The highest BCUT2D eigenvalue weighted by Crippen LogP contribution is 2.15. The van der Waals surface area contributed by atoms with E-state index in [0.717, 1.165) is 24.3 Å². The average molecular weight is 249 g/mol. The number of carbonyl (C=O) groups is 1. The van der Waals surface area contributed by atoms with Crippen molar-refractivity contribution in [2.24, 2.45) is 5.92 Å². The molecule has 0 radical (unpaired) electrons. The molecule has 0 heterocycles. The van der Waals surface area contributed by atoms with Crippen LogP contribution in [0.5, 0.6) is 5.75 Å². The second kappa shape index (κ2) is 7.04. The predicted octanol–water partition coefficient (Wildman–Crippen LogP) is 3.26. The molecule has 0 aliphatic carbocycles. The third kappa shape index (κ3) is 4.78. The van der Waals surface area contributed by atoms with Crippen molar-refractivity contribution in [1.29, 1.82) is 0 Å². The van der Waals surface area contributed by atoms with E-state index in [9.17, 15) is 9.90 Å². The monoisotopic (exact) mass is 249 g/mol. The van der Waals surface area contributed by atoms with Crippen molar-refractivity contribution in [2.75, 3.05) is 6.54 Å². The molecule has 0 fully saturated rings. The lowest BCUT2D eigenvalue weighted by atomic mass is 10.1. The maximum atomic E-state index is 11.9. The lowest BCUT2D eigenvalue weighted by molar-refractivity contribution is 0.0952. The normalized spacial score (nSPS) is 10.7. The Labute approximate surface area is 109 Å². The summed E-state index contributed by atoms with van der Waals surface area (Å²) in [4.78, 5) is 11.9. The van der Waals surface area contributed by atoms with E-state index >= 15 is 0 Å². The van der Waals surface area contributed by atoms with E-state index in [1.807, 2.05) is 6.92 Å². The van der Waals surface area contributed by atoms with Crippen LogP contribution in [0, 0.1) is 12.8 Å². The summed E-state index contributed by atoms with van der Waals surface area (Å²) in [5, 5.41) is 12.2. The smallest absolute Gasteiger partial charge is 0.251 e. The van der Waals surface area contributed by atoms with Gasteiger partial charge in [-0.2, -0.15) is 0 Å². The molecule has 0 aliphatic heterocycles. The summed E-state index contributed by atoms with van der Waals surface area (Å²) in [5.41, 5.74) is 1.44. The Morgan fingerprint density at radius 2 is 2.06 bits per heavy atom. The number of benzene rings is 1. The number of aryl methyl sites for hydroxylation is 1. The van der Waals surface area contributed by atoms with Crippen LogP contribution < -0.4 is 5.32 Å². The second-order valence-corrected chi connectivity index (χ2v) is 5.14. The van der Waals surface area contributed by atoms with E-state index in [2.05, 4.69) is 19.2 Å². The average Bonchev–Trinajstić information content (AvgIpc) is 2.27. The Morgan fingerprint density at radius 3 is 2.67 bits per heavy atom. The summed E-state index contributed by atoms with van der Waals surface area (Å²) in [7, 11) is 0. The molecule has 0 bridgehead atoms. The summed E-state index contributed by atoms with van der Waals surface area (Å²) in [6, 6.07) is 4.81. The van der Waals surface area contributed by atoms with Crippen LogP contribution in [0.3, 0.4) is 0 Å². The van der Waals surface area contributed by atoms with Crippen molar-refractivity contribution in [1.82, 2.24) is 5.32 Å². The van der Waals surface area contributed by atoms with Crippen LogP contribution in [-0.2, 0) is 0 Å². The van der Waals surface area contributed by atoms with E-state index in [4.69, 9.17) is 0 Å². The van der Waals surface area contributed by atoms with Crippen LogP contribution in [0.2, 0.25) is 0 Å². The molecule has 1 aromatic rings. The highest BCUT2D eigenvalue weighted by atomic mass is 16.3. The Morgan fingerprint density at radius 1 is 1.33 bits per heavy atom. The molecule has 100 valence electrons. The first-order chi connectivity index (χ1) is 8.50. The topological polar surface area (TPSA) is 49.3 Å². The Balaban J connectivity index is 2.36. The van der Waals surface area contributed by atoms with Crippen molar-refractivity contribution >= 4 is 5.91 Å². The molecule has 3 heteroatoms. The SMILES string of the molecule is Cc1cc(O)ccc1C(=O)NCCCCC(C)C. The second-order valence-electron chi connectivity index (χ2n) is 5.14. The van der Waals surface area contributed by atoms with Crippen LogP contribution in [0.25, 0.3) is 0 Å². The van der Waals surface area contributed by atoms with Crippen molar-refractivity contribution in [3.63, 3.8) is 0 Å². The first-order valence-electron chi connectivity index (χ1n) is 6.58. The van der Waals surface area contributed by atoms with Gasteiger partial charge >= 0.3 is 0 Å². The molecule has 3 nitrogen and oxygen atoms in total. The number of unbranched alkanes of at least 4 members (excludes halogenated alkanes) is 1. The fourth-order valence-corrected chi connectivity index (χ4v) is 1.88. The number of aromatic hydroxyl groups is 1. The summed E-state index contributed by atoms with van der Waals surface area (Å²) in [6.07, 6.45) is 3.36. The van der Waals surface area contributed by atoms with Crippen LogP contribution in [-0.4, -0.2) is 17.6 Å². The number of carbonyl (C=O) groups excluding carboxylic acids is 1. The standard InChI is InChI=1S/C15H23NO2/c1-11(2)6-4-5-9-16-15(18)14-8-7-13(17)10-12(14)3/h7-8,10-11,17H,4-6,9H2,1-3H3,(H,16,18). The molecule has 0 spiro atoms. The van der Waals surface area contributed by atoms with Gasteiger partial charge in [0.25, 0.3) is 5.91 Å². The Kier molecular flexibility index (Phi) is 5.69. The van der Waals surface area contributed by atoms with Gasteiger partial charge in [-0.15, -0.1) is 0 Å². The first kappa shape index (κ1) is 14.6. The van der Waals surface area contributed by atoms with E-state index in [1.54, 1.807) is 18.2 Å². The minimum Gasteiger partial charge on any atom is -0.508 e. The summed E-state index contributed by atoms with van der Waals surface area (Å²) >= 11 is 0. The zero-order chi connectivity index (χ0) is 13.5. The quantitative estimate of drug-likeness (QED) is 0.760. The zero-order valence-corrected chi connectivity index (χ0v) is 11.5. The van der Waals surface area contributed by atoms with Gasteiger partial charge in [-0.05, 0) is 43.0 Å². The van der Waals surface area contributed by atoms with Crippen LogP contribution in [0.1, 0.15) is 49.0 Å². The van der Waals surface area contributed by atoms with Crippen molar-refractivity contribution < 1.29 is 9.90 Å². The van der Waals surface area contributed by atoms with E-state index in [-0.39, 0.29) is 11.7 Å². The van der Waals surface area contributed by atoms with Crippen molar-refractivity contribution in [3.8, 4) is 5.75 Å². The fourth-order valence-electron chi connectivity index (χ4n) is 1.88. The largest absolute Gasteiger partial charge is 0.508 e. The molecular formula is C15H23NO2. The minimum absolute atomic E-state index is 0.0583. The number of rotatable bonds is 6. The molecule has 1 aromatic carbocycles. The number of hydrogen-bond acceptors (Lipinski definition) is 2. The highest BCUT2D eigenvalue weighted by molar-refractivity contribution is 5.95. The Bertz CT molecular complexity index is 399. The number of phenolic OH excluding ortho intramolecular Hbond substituents is 1. The maximum absolute atomic E-state index is 11.9. The highest BCUT2D eigenvalue weighted by Gasteiger charge is 2.08. The Hall–Kier alpha value is -1.51. The molecule has 0 unspecified atom stereocenters. The van der Waals surface area contributed by atoms with Crippen LogP contribution in [0.15, 0.2) is 18.2 Å². The molecular weight excluding hydrogens is 226 g/mol. The summed E-state index contributed by atoms with van der Waals surface area (Å²) < 4.78 is 0. The molecule has 18 heavy (non-hydrogen) atoms. The summed E-state index contributed by atoms with van der Waals surface area (Å²) in [5.74, 6) is 0.859. The van der Waals surface area contributed by atoms with Gasteiger partial charge in [-0.1, -0.05) is 26.7 Å². The molecule has 2 N–H and O–H groups in total. The maximum Gasteiger partial charge on any atom is 0.251 e. The van der Waals surface area contributed by atoms with Crippen molar-refractivity contribution in [3.05, 3.63) is 29.3 Å². The third-order valence-corrected chi connectivity index (χ3v) is 2.95. The lowest BCUT2D eigenvalue weighted by Crippen LogP contribution is -2.25. The van der Waals surface area contributed by atoms with E-state index < -0.39 is 0 Å². The minimum atomic E-state index is -0.0583. The zero-order valence-electron chi connectivity index (χ0n) is 11.5. The van der Waals surface area contributed by atoms with Gasteiger partial charge in [-0.25, -0.2) is 0 Å². The summed E-state index contributed by atoms with van der Waals surface area (Å²) in [6.45, 7) is 6.95. The molecule has 0 aliphatic rings. The van der Waals surface area contributed by atoms with Gasteiger partial charge < -0.3 is 10.4 Å². The molecule has 1 amide bonds. The van der Waals surface area contributed by atoms with Crippen LogP contribution >= 0.6 is 0 Å². The molecule has 1 rings (SSSR count). The third-order valence-electron chi connectivity index (χ3n) is 2.95.